The fourth-order valence-corrected chi connectivity index (χ4v) is 5.96. The van der Waals surface area contributed by atoms with Crippen molar-refractivity contribution in [1.82, 2.24) is 0 Å². The number of nitrogens with one attached hydrogen (secondary N) is 2. The van der Waals surface area contributed by atoms with Crippen LogP contribution in [0.3, 0.4) is 0 Å². The van der Waals surface area contributed by atoms with Gasteiger partial charge in [-0.2, -0.15) is 0 Å². The molecule has 0 radical (unpaired) electrons. The molecule has 10 nitrogen and oxygen atoms in total. The lowest BCUT2D eigenvalue weighted by Gasteiger charge is -2.44. The van der Waals surface area contributed by atoms with Crippen molar-refractivity contribution in [3.8, 4) is 23.0 Å². The van der Waals surface area contributed by atoms with Crippen molar-refractivity contribution in [1.29, 1.82) is 0 Å². The summed E-state index contributed by atoms with van der Waals surface area (Å²) in [5, 5.41) is 17.4. The van der Waals surface area contributed by atoms with Crippen LogP contribution >= 0.6 is 0 Å². The van der Waals surface area contributed by atoms with Crippen LogP contribution in [0, 0.1) is 11.8 Å². The number of methoxy groups -OCH3 is 3. The van der Waals surface area contributed by atoms with Gasteiger partial charge in [0.2, 0.25) is 11.8 Å². The van der Waals surface area contributed by atoms with Crippen LogP contribution in [0.5, 0.6) is 23.0 Å². The van der Waals surface area contributed by atoms with Crippen molar-refractivity contribution in [2.24, 2.45) is 11.8 Å². The highest BCUT2D eigenvalue weighted by atomic mass is 16.5. The molecule has 0 aliphatic heterocycles. The minimum atomic E-state index is -1.79. The number of benzene rings is 3. The van der Waals surface area contributed by atoms with Crippen LogP contribution in [0.1, 0.15) is 51.0 Å². The molecule has 4 atom stereocenters. The summed E-state index contributed by atoms with van der Waals surface area (Å²) in [5.74, 6) is -3.61. The zero-order valence-corrected chi connectivity index (χ0v) is 26.4. The molecule has 4 rings (SSSR count). The van der Waals surface area contributed by atoms with Gasteiger partial charge in [-0.15, -0.1) is 0 Å². The maximum atomic E-state index is 14.2. The molecule has 1 saturated carbocycles. The number of hydrogen-bond donors (Lipinski definition) is 3. The Bertz CT molecular complexity index is 1500. The normalized spacial score (nSPS) is 21.0. The Morgan fingerprint density at radius 3 is 1.98 bits per heavy atom. The monoisotopic (exact) mass is 618 g/mol. The number of rotatable bonds is 13. The molecule has 3 N–H and O–H groups in total. The molecule has 2 amide bonds. The lowest BCUT2D eigenvalue weighted by molar-refractivity contribution is -0.150. The van der Waals surface area contributed by atoms with E-state index in [1.54, 1.807) is 66.7 Å². The molecule has 0 saturated heterocycles. The average Bonchev–Trinajstić information content (AvgIpc) is 3.02. The second-order valence-corrected chi connectivity index (χ2v) is 11.3. The van der Waals surface area contributed by atoms with Crippen molar-refractivity contribution in [3.63, 3.8) is 0 Å². The van der Waals surface area contributed by atoms with Gasteiger partial charge in [0.05, 0.1) is 50.8 Å². The fraction of sp³-hybridized carbons (Fsp3) is 0.400. The van der Waals surface area contributed by atoms with Gasteiger partial charge in [0, 0.05) is 12.3 Å². The fourth-order valence-electron chi connectivity index (χ4n) is 5.96. The molecule has 3 aromatic rings. The Balaban J connectivity index is 1.82. The molecule has 0 aromatic heterocycles. The van der Waals surface area contributed by atoms with Gasteiger partial charge in [-0.3, -0.25) is 14.4 Å². The Labute approximate surface area is 264 Å². The van der Waals surface area contributed by atoms with Crippen molar-refractivity contribution in [3.05, 3.63) is 72.3 Å². The zero-order valence-electron chi connectivity index (χ0n) is 26.4. The number of para-hydroxylation sites is 4. The molecule has 3 aromatic carbocycles. The number of Topliss-reactive ketones (excluding diaryl/α,β-unsaturated/α-hetero) is 1. The number of aliphatic hydroxyl groups is 1. The third kappa shape index (κ3) is 7.57. The molecule has 1 fully saturated rings. The number of ketones is 1. The summed E-state index contributed by atoms with van der Waals surface area (Å²) in [5.41, 5.74) is -0.563. The number of hydrogen-bond acceptors (Lipinski definition) is 8. The SMILES string of the molecule is CCCCCOc1cc(C2C(C(=O)Nc3ccccc3OC)C(=O)CC(C)(O)C2C(=O)Nc2ccccc2OC)ccc1OC. The van der Waals surface area contributed by atoms with E-state index in [4.69, 9.17) is 18.9 Å². The highest BCUT2D eigenvalue weighted by molar-refractivity contribution is 6.11. The quantitative estimate of drug-likeness (QED) is 0.167. The first-order valence-corrected chi connectivity index (χ1v) is 15.1. The number of ether oxygens (including phenoxy) is 4. The van der Waals surface area contributed by atoms with Gasteiger partial charge in [-0.25, -0.2) is 0 Å². The summed E-state index contributed by atoms with van der Waals surface area (Å²) in [6.45, 7) is 3.98. The average molecular weight is 619 g/mol. The van der Waals surface area contributed by atoms with E-state index in [0.717, 1.165) is 19.3 Å². The minimum Gasteiger partial charge on any atom is -0.495 e. The van der Waals surface area contributed by atoms with Crippen molar-refractivity contribution in [2.75, 3.05) is 38.6 Å². The van der Waals surface area contributed by atoms with Crippen LogP contribution in [0.2, 0.25) is 0 Å². The summed E-state index contributed by atoms with van der Waals surface area (Å²) >= 11 is 0. The molecular weight excluding hydrogens is 576 g/mol. The number of carbonyl (C=O) groups excluding carboxylic acids is 3. The van der Waals surface area contributed by atoms with Crippen LogP contribution in [0.25, 0.3) is 0 Å². The first-order valence-electron chi connectivity index (χ1n) is 15.1. The molecule has 0 spiro atoms. The second kappa shape index (κ2) is 14.9. The van der Waals surface area contributed by atoms with Gasteiger partial charge >= 0.3 is 0 Å². The minimum absolute atomic E-state index is 0.374. The van der Waals surface area contributed by atoms with E-state index in [-0.39, 0.29) is 0 Å². The smallest absolute Gasteiger partial charge is 0.235 e. The summed E-state index contributed by atoms with van der Waals surface area (Å²) in [4.78, 5) is 42.0. The maximum Gasteiger partial charge on any atom is 0.235 e. The standard InChI is InChI=1S/C35H42N2O8/c1-6-7-12-19-45-29-20-22(17-18-28(29)44-5)30-31(33(39)36-23-13-8-10-15-26(23)42-3)25(38)21-35(2,41)32(30)34(40)37-24-14-9-11-16-27(24)43-4/h8-11,13-18,20,30-32,41H,6-7,12,19,21H2,1-5H3,(H,36,39)(H,37,40). The Kier molecular flexibility index (Phi) is 11.1. The van der Waals surface area contributed by atoms with E-state index >= 15 is 0 Å². The molecule has 240 valence electrons. The van der Waals surface area contributed by atoms with Crippen molar-refractivity contribution in [2.45, 2.75) is 51.0 Å². The highest BCUT2D eigenvalue weighted by Gasteiger charge is 2.56. The van der Waals surface area contributed by atoms with Crippen LogP contribution in [0.4, 0.5) is 11.4 Å². The summed E-state index contributed by atoms with van der Waals surface area (Å²) in [6.07, 6.45) is 2.42. The number of anilines is 2. The van der Waals surface area contributed by atoms with Crippen LogP contribution in [-0.2, 0) is 14.4 Å². The first kappa shape index (κ1) is 33.3. The van der Waals surface area contributed by atoms with Gasteiger partial charge in [0.1, 0.15) is 23.2 Å². The summed E-state index contributed by atoms with van der Waals surface area (Å²) in [7, 11) is 4.49. The molecule has 45 heavy (non-hydrogen) atoms. The van der Waals surface area contributed by atoms with Crippen LogP contribution < -0.4 is 29.6 Å². The van der Waals surface area contributed by atoms with E-state index in [9.17, 15) is 19.5 Å². The number of carbonyl (C=O) groups is 3. The summed E-state index contributed by atoms with van der Waals surface area (Å²) < 4.78 is 22.4. The highest BCUT2D eigenvalue weighted by Crippen LogP contribution is 2.48. The molecule has 4 unspecified atom stereocenters. The maximum absolute atomic E-state index is 14.2. The van der Waals surface area contributed by atoms with E-state index in [1.807, 2.05) is 0 Å². The van der Waals surface area contributed by atoms with E-state index < -0.39 is 47.4 Å². The molecule has 10 heteroatoms. The number of amides is 2. The Morgan fingerprint density at radius 1 is 0.822 bits per heavy atom. The third-order valence-electron chi connectivity index (χ3n) is 8.14. The van der Waals surface area contributed by atoms with E-state index in [0.29, 0.717) is 46.5 Å². The van der Waals surface area contributed by atoms with Gasteiger partial charge in [-0.05, 0) is 55.3 Å². The van der Waals surface area contributed by atoms with Crippen LogP contribution in [0.15, 0.2) is 66.7 Å². The zero-order chi connectivity index (χ0) is 32.6. The summed E-state index contributed by atoms with van der Waals surface area (Å²) in [6, 6.07) is 18.8. The molecule has 1 aliphatic rings. The van der Waals surface area contributed by atoms with Gasteiger partial charge in [-0.1, -0.05) is 50.1 Å². The lowest BCUT2D eigenvalue weighted by Crippen LogP contribution is -2.56. The second-order valence-electron chi connectivity index (χ2n) is 11.3. The third-order valence-corrected chi connectivity index (χ3v) is 8.14. The Hall–Kier alpha value is -4.57. The molecular formula is C35H42N2O8. The Morgan fingerprint density at radius 2 is 1.40 bits per heavy atom. The predicted molar refractivity (Wildman–Crippen MR) is 171 cm³/mol. The van der Waals surface area contributed by atoms with Gasteiger partial charge in [0.15, 0.2) is 11.5 Å². The van der Waals surface area contributed by atoms with Crippen molar-refractivity contribution >= 4 is 29.0 Å². The first-order chi connectivity index (χ1) is 21.6. The lowest BCUT2D eigenvalue weighted by atomic mass is 9.61. The topological polar surface area (TPSA) is 132 Å². The van der Waals surface area contributed by atoms with E-state index in [2.05, 4.69) is 17.6 Å². The number of unbranched alkanes of at least 4 members (excludes halogenated alkanes) is 2. The van der Waals surface area contributed by atoms with Gasteiger partial charge < -0.3 is 34.7 Å². The predicted octanol–water partition coefficient (Wildman–Crippen LogP) is 5.60. The molecule has 0 heterocycles. The molecule has 0 bridgehead atoms. The van der Waals surface area contributed by atoms with Crippen LogP contribution in [-0.4, -0.2) is 56.2 Å². The molecule has 1 aliphatic carbocycles. The van der Waals surface area contributed by atoms with Crippen molar-refractivity contribution < 1.29 is 38.4 Å². The largest absolute Gasteiger partial charge is 0.495 e. The van der Waals surface area contributed by atoms with E-state index in [1.165, 1.54) is 28.3 Å². The van der Waals surface area contributed by atoms with Gasteiger partial charge in [0.25, 0.3) is 0 Å².